The summed E-state index contributed by atoms with van der Waals surface area (Å²) in [5, 5.41) is 9.59. The highest BCUT2D eigenvalue weighted by atomic mass is 32.1. The minimum absolute atomic E-state index is 0.0642. The largest absolute Gasteiger partial charge is 0.494 e. The molecule has 3 N–H and O–H groups in total. The van der Waals surface area contributed by atoms with Crippen LogP contribution in [0.3, 0.4) is 0 Å². The number of hydrogen-bond acceptors (Lipinski definition) is 3. The molecule has 1 aromatic rings. The fraction of sp³-hybridized carbons (Fsp3) is 0.556. The molecule has 14 heavy (non-hydrogen) atoms. The minimum atomic E-state index is -0.252. The second kappa shape index (κ2) is 3.57. The van der Waals surface area contributed by atoms with Crippen LogP contribution in [0.15, 0.2) is 4.79 Å². The molecule has 0 bridgehead atoms. The summed E-state index contributed by atoms with van der Waals surface area (Å²) in [5.74, 6) is 0.122. The van der Waals surface area contributed by atoms with Crippen molar-refractivity contribution in [2.24, 2.45) is 0 Å². The Morgan fingerprint density at radius 2 is 1.93 bits per heavy atom. The Hall–Kier alpha value is -1.10. The maximum absolute atomic E-state index is 11.5. The van der Waals surface area contributed by atoms with Crippen molar-refractivity contribution in [3.8, 4) is 5.88 Å². The second-order valence-electron chi connectivity index (χ2n) is 3.65. The molecule has 1 fully saturated rings. The van der Waals surface area contributed by atoms with Gasteiger partial charge in [-0.15, -0.1) is 0 Å². The van der Waals surface area contributed by atoms with Gasteiger partial charge in [0.25, 0.3) is 5.56 Å². The van der Waals surface area contributed by atoms with Crippen LogP contribution in [-0.4, -0.2) is 15.1 Å². The van der Waals surface area contributed by atoms with Crippen LogP contribution in [0.5, 0.6) is 5.88 Å². The zero-order valence-electron chi connectivity index (χ0n) is 7.67. The lowest BCUT2D eigenvalue weighted by atomic mass is 10.0. The van der Waals surface area contributed by atoms with Gasteiger partial charge in [0.05, 0.1) is 5.56 Å². The van der Waals surface area contributed by atoms with E-state index in [4.69, 9.17) is 12.2 Å². The summed E-state index contributed by atoms with van der Waals surface area (Å²) >= 11 is 4.75. The van der Waals surface area contributed by atoms with Gasteiger partial charge in [-0.3, -0.25) is 9.78 Å². The predicted molar refractivity (Wildman–Crippen MR) is 55.1 cm³/mol. The lowest BCUT2D eigenvalue weighted by Gasteiger charge is -2.09. The predicted octanol–water partition coefficient (Wildman–Crippen LogP) is 1.80. The van der Waals surface area contributed by atoms with E-state index < -0.39 is 0 Å². The molecule has 0 unspecified atom stereocenters. The van der Waals surface area contributed by atoms with Gasteiger partial charge in [-0.1, -0.05) is 12.8 Å². The lowest BCUT2D eigenvalue weighted by molar-refractivity contribution is 0.434. The fourth-order valence-electron chi connectivity index (χ4n) is 2.08. The molecule has 2 rings (SSSR count). The second-order valence-corrected chi connectivity index (χ2v) is 4.06. The smallest absolute Gasteiger partial charge is 0.258 e. The van der Waals surface area contributed by atoms with Crippen LogP contribution in [-0.2, 0) is 0 Å². The van der Waals surface area contributed by atoms with Gasteiger partial charge in [-0.05, 0) is 31.0 Å². The first kappa shape index (κ1) is 9.45. The van der Waals surface area contributed by atoms with Crippen molar-refractivity contribution in [3.63, 3.8) is 0 Å². The van der Waals surface area contributed by atoms with Crippen LogP contribution >= 0.6 is 12.2 Å². The highest BCUT2D eigenvalue weighted by Crippen LogP contribution is 2.35. The highest BCUT2D eigenvalue weighted by Gasteiger charge is 2.23. The van der Waals surface area contributed by atoms with Gasteiger partial charge < -0.3 is 10.1 Å². The first-order valence-corrected chi connectivity index (χ1v) is 5.15. The van der Waals surface area contributed by atoms with E-state index in [1.807, 2.05) is 0 Å². The van der Waals surface area contributed by atoms with Gasteiger partial charge in [0.2, 0.25) is 0 Å². The van der Waals surface area contributed by atoms with Crippen LogP contribution < -0.4 is 5.56 Å². The number of nitrogens with one attached hydrogen (secondary N) is 2. The summed E-state index contributed by atoms with van der Waals surface area (Å²) in [6.45, 7) is 0. The zero-order chi connectivity index (χ0) is 10.1. The Bertz CT molecular complexity index is 443. The third-order valence-corrected chi connectivity index (χ3v) is 2.93. The SMILES string of the molecule is O=c1[nH]c(=S)[nH]c(O)c1C1CCCC1. The summed E-state index contributed by atoms with van der Waals surface area (Å²) in [6, 6.07) is 0. The Kier molecular flexibility index (Phi) is 2.41. The molecular weight excluding hydrogens is 200 g/mol. The molecule has 0 amide bonds. The van der Waals surface area contributed by atoms with E-state index in [1.165, 1.54) is 0 Å². The minimum Gasteiger partial charge on any atom is -0.494 e. The van der Waals surface area contributed by atoms with Crippen LogP contribution in [0.4, 0.5) is 0 Å². The molecule has 0 aromatic carbocycles. The average molecular weight is 212 g/mol. The summed E-state index contributed by atoms with van der Waals surface area (Å²) in [7, 11) is 0. The van der Waals surface area contributed by atoms with E-state index in [2.05, 4.69) is 9.97 Å². The van der Waals surface area contributed by atoms with E-state index >= 15 is 0 Å². The normalized spacial score (nSPS) is 17.4. The Balaban J connectivity index is 2.51. The van der Waals surface area contributed by atoms with Crippen molar-refractivity contribution in [2.45, 2.75) is 31.6 Å². The Morgan fingerprint density at radius 3 is 2.50 bits per heavy atom. The lowest BCUT2D eigenvalue weighted by Crippen LogP contribution is -2.16. The van der Waals surface area contributed by atoms with Gasteiger partial charge in [-0.25, -0.2) is 0 Å². The molecule has 1 aliphatic carbocycles. The van der Waals surface area contributed by atoms with Crippen molar-refractivity contribution in [1.82, 2.24) is 9.97 Å². The molecule has 1 aromatic heterocycles. The van der Waals surface area contributed by atoms with Gasteiger partial charge in [0.15, 0.2) is 10.7 Å². The molecule has 0 atom stereocenters. The third-order valence-electron chi connectivity index (χ3n) is 2.72. The van der Waals surface area contributed by atoms with E-state index in [0.717, 1.165) is 25.7 Å². The van der Waals surface area contributed by atoms with E-state index in [0.29, 0.717) is 5.56 Å². The Labute approximate surface area is 86.0 Å². The van der Waals surface area contributed by atoms with Crippen molar-refractivity contribution >= 4 is 12.2 Å². The molecule has 1 heterocycles. The van der Waals surface area contributed by atoms with Gasteiger partial charge in [0, 0.05) is 0 Å². The maximum Gasteiger partial charge on any atom is 0.258 e. The molecule has 0 radical (unpaired) electrons. The van der Waals surface area contributed by atoms with Crippen LogP contribution in [0, 0.1) is 4.77 Å². The van der Waals surface area contributed by atoms with Crippen molar-refractivity contribution in [2.75, 3.05) is 0 Å². The van der Waals surface area contributed by atoms with Gasteiger partial charge >= 0.3 is 0 Å². The number of rotatable bonds is 1. The summed E-state index contributed by atoms with van der Waals surface area (Å²) in [4.78, 5) is 16.6. The van der Waals surface area contributed by atoms with Gasteiger partial charge in [-0.2, -0.15) is 0 Å². The maximum atomic E-state index is 11.5. The van der Waals surface area contributed by atoms with Crippen LogP contribution in [0.1, 0.15) is 37.2 Å². The van der Waals surface area contributed by atoms with Crippen LogP contribution in [0.25, 0.3) is 0 Å². The first-order chi connectivity index (χ1) is 6.68. The quantitative estimate of drug-likeness (QED) is 0.622. The van der Waals surface area contributed by atoms with E-state index in [9.17, 15) is 9.90 Å². The van der Waals surface area contributed by atoms with E-state index in [-0.39, 0.29) is 22.1 Å². The summed E-state index contributed by atoms with van der Waals surface area (Å²) in [5.41, 5.74) is 0.217. The average Bonchev–Trinajstić information content (AvgIpc) is 2.54. The number of H-pyrrole nitrogens is 2. The van der Waals surface area contributed by atoms with Crippen LogP contribution in [0.2, 0.25) is 0 Å². The van der Waals surface area contributed by atoms with Gasteiger partial charge in [0.1, 0.15) is 0 Å². The first-order valence-electron chi connectivity index (χ1n) is 4.74. The molecule has 0 aliphatic heterocycles. The van der Waals surface area contributed by atoms with Crippen molar-refractivity contribution < 1.29 is 5.11 Å². The topological polar surface area (TPSA) is 68.9 Å². The number of aromatic hydroxyl groups is 1. The number of hydrogen-bond donors (Lipinski definition) is 3. The van der Waals surface area contributed by atoms with Crippen molar-refractivity contribution in [3.05, 3.63) is 20.7 Å². The molecule has 1 aliphatic rings. The van der Waals surface area contributed by atoms with Crippen molar-refractivity contribution in [1.29, 1.82) is 0 Å². The molecule has 4 nitrogen and oxygen atoms in total. The monoisotopic (exact) mass is 212 g/mol. The number of aromatic nitrogens is 2. The molecule has 0 saturated heterocycles. The molecule has 76 valence electrons. The Morgan fingerprint density at radius 1 is 1.29 bits per heavy atom. The fourth-order valence-corrected chi connectivity index (χ4v) is 2.27. The zero-order valence-corrected chi connectivity index (χ0v) is 8.49. The molecule has 1 saturated carbocycles. The molecule has 5 heteroatoms. The number of aromatic amines is 2. The third kappa shape index (κ3) is 1.59. The highest BCUT2D eigenvalue weighted by molar-refractivity contribution is 7.71. The standard InChI is InChI=1S/C9H12N2O2S/c12-7-6(5-3-1-2-4-5)8(13)11-9(14)10-7/h5H,1-4H2,(H3,10,11,12,13,14). The summed E-state index contributed by atoms with van der Waals surface area (Å²) in [6.07, 6.45) is 4.20. The summed E-state index contributed by atoms with van der Waals surface area (Å²) < 4.78 is 0.175. The molecule has 0 spiro atoms. The van der Waals surface area contributed by atoms with E-state index in [1.54, 1.807) is 0 Å². The molecular formula is C9H12N2O2S.